The van der Waals surface area contributed by atoms with Gasteiger partial charge in [0.2, 0.25) is 0 Å². The molecular formula is C22H23FN2O3. The van der Waals surface area contributed by atoms with E-state index >= 15 is 0 Å². The molecule has 2 amide bonds. The van der Waals surface area contributed by atoms with E-state index in [0.29, 0.717) is 43.7 Å². The summed E-state index contributed by atoms with van der Waals surface area (Å²) >= 11 is 0. The van der Waals surface area contributed by atoms with Crippen molar-refractivity contribution in [1.82, 2.24) is 4.90 Å². The number of likely N-dealkylation sites (tertiary alicyclic amines) is 1. The normalized spacial score (nSPS) is 19.1. The molecule has 2 aromatic carbocycles. The van der Waals surface area contributed by atoms with Crippen LogP contribution >= 0.6 is 0 Å². The Morgan fingerprint density at radius 3 is 2.32 bits per heavy atom. The van der Waals surface area contributed by atoms with E-state index in [9.17, 15) is 14.0 Å². The summed E-state index contributed by atoms with van der Waals surface area (Å²) in [7, 11) is 0. The molecule has 2 aromatic rings. The van der Waals surface area contributed by atoms with Gasteiger partial charge >= 0.3 is 0 Å². The summed E-state index contributed by atoms with van der Waals surface area (Å²) in [5.74, 6) is -0.436. The Kier molecular flexibility index (Phi) is 4.89. The van der Waals surface area contributed by atoms with Crippen LogP contribution in [0.25, 0.3) is 0 Å². The molecule has 146 valence electrons. The average molecular weight is 382 g/mol. The zero-order valence-electron chi connectivity index (χ0n) is 15.9. The highest BCUT2D eigenvalue weighted by Gasteiger charge is 2.43. The van der Waals surface area contributed by atoms with E-state index in [-0.39, 0.29) is 24.2 Å². The van der Waals surface area contributed by atoms with Crippen molar-refractivity contribution in [2.45, 2.75) is 25.4 Å². The number of halogens is 1. The molecule has 0 radical (unpaired) electrons. The van der Waals surface area contributed by atoms with Crippen LogP contribution in [-0.2, 0) is 9.53 Å². The fraction of sp³-hybridized carbons (Fsp3) is 0.364. The third-order valence-corrected chi connectivity index (χ3v) is 5.65. The Bertz CT molecular complexity index is 872. The lowest BCUT2D eigenvalue weighted by atomic mass is 9.88. The van der Waals surface area contributed by atoms with Gasteiger partial charge < -0.3 is 14.5 Å². The van der Waals surface area contributed by atoms with Crippen molar-refractivity contribution < 1.29 is 18.7 Å². The summed E-state index contributed by atoms with van der Waals surface area (Å²) in [4.78, 5) is 28.6. The first-order chi connectivity index (χ1) is 13.5. The van der Waals surface area contributed by atoms with Crippen molar-refractivity contribution in [3.63, 3.8) is 0 Å². The van der Waals surface area contributed by atoms with E-state index in [1.165, 1.54) is 12.1 Å². The first kappa shape index (κ1) is 18.6. The Labute approximate surface area is 163 Å². The maximum Gasteiger partial charge on any atom is 0.253 e. The number of morpholine rings is 1. The highest BCUT2D eigenvalue weighted by molar-refractivity contribution is 5.95. The number of carbonyl (C=O) groups excluding carboxylic acids is 2. The fourth-order valence-corrected chi connectivity index (χ4v) is 3.87. The van der Waals surface area contributed by atoms with E-state index in [2.05, 4.69) is 0 Å². The molecule has 0 N–H and O–H groups in total. The third-order valence-electron chi connectivity index (χ3n) is 5.65. The van der Waals surface area contributed by atoms with Gasteiger partial charge in [0.1, 0.15) is 12.4 Å². The van der Waals surface area contributed by atoms with E-state index in [4.69, 9.17) is 4.74 Å². The number of amides is 2. The van der Waals surface area contributed by atoms with Gasteiger partial charge in [-0.15, -0.1) is 0 Å². The molecular weight excluding hydrogens is 359 g/mol. The number of benzene rings is 2. The molecule has 28 heavy (non-hydrogen) atoms. The number of hydrogen-bond acceptors (Lipinski definition) is 3. The van der Waals surface area contributed by atoms with Gasteiger partial charge in [0, 0.05) is 24.3 Å². The predicted molar refractivity (Wildman–Crippen MR) is 104 cm³/mol. The Morgan fingerprint density at radius 2 is 1.68 bits per heavy atom. The lowest BCUT2D eigenvalue weighted by Gasteiger charge is -2.47. The molecule has 2 aliphatic rings. The van der Waals surface area contributed by atoms with Crippen molar-refractivity contribution in [3.05, 3.63) is 65.5 Å². The number of ether oxygens (including phenoxy) is 1. The lowest BCUT2D eigenvalue weighted by molar-refractivity contribution is -0.143. The van der Waals surface area contributed by atoms with E-state index in [0.717, 1.165) is 5.56 Å². The van der Waals surface area contributed by atoms with Crippen molar-refractivity contribution in [1.29, 1.82) is 0 Å². The lowest BCUT2D eigenvalue weighted by Crippen LogP contribution is -2.59. The van der Waals surface area contributed by atoms with Crippen LogP contribution in [0.3, 0.4) is 0 Å². The molecule has 4 rings (SSSR count). The highest BCUT2D eigenvalue weighted by Crippen LogP contribution is 2.33. The average Bonchev–Trinajstić information content (AvgIpc) is 2.71. The number of piperidine rings is 1. The van der Waals surface area contributed by atoms with E-state index in [1.807, 2.05) is 36.1 Å². The maximum atomic E-state index is 13.2. The fourth-order valence-electron chi connectivity index (χ4n) is 3.87. The SMILES string of the molecule is Cc1ccc(C(=O)N2CCC3(CC2)CN(c2ccc(F)cc2)C(=O)CO3)cc1. The van der Waals surface area contributed by atoms with Gasteiger partial charge in [0.25, 0.3) is 11.8 Å². The van der Waals surface area contributed by atoms with Crippen LogP contribution in [0.4, 0.5) is 10.1 Å². The maximum absolute atomic E-state index is 13.2. The zero-order valence-corrected chi connectivity index (χ0v) is 15.9. The van der Waals surface area contributed by atoms with Gasteiger partial charge in [-0.2, -0.15) is 0 Å². The second-order valence-electron chi connectivity index (χ2n) is 7.59. The summed E-state index contributed by atoms with van der Waals surface area (Å²) in [6.07, 6.45) is 1.32. The quantitative estimate of drug-likeness (QED) is 0.802. The van der Waals surface area contributed by atoms with Gasteiger partial charge in [-0.05, 0) is 56.2 Å². The summed E-state index contributed by atoms with van der Waals surface area (Å²) in [5, 5.41) is 0. The highest BCUT2D eigenvalue weighted by atomic mass is 19.1. The summed E-state index contributed by atoms with van der Waals surface area (Å²) in [6.45, 7) is 3.58. The van der Waals surface area contributed by atoms with Crippen LogP contribution in [0.2, 0.25) is 0 Å². The van der Waals surface area contributed by atoms with Crippen LogP contribution in [0.5, 0.6) is 0 Å². The van der Waals surface area contributed by atoms with Crippen LogP contribution in [0.15, 0.2) is 48.5 Å². The first-order valence-corrected chi connectivity index (χ1v) is 9.52. The van der Waals surface area contributed by atoms with Crippen LogP contribution in [-0.4, -0.2) is 48.6 Å². The third kappa shape index (κ3) is 3.64. The molecule has 0 aliphatic carbocycles. The molecule has 0 saturated carbocycles. The van der Waals surface area contributed by atoms with Gasteiger partial charge in [-0.1, -0.05) is 17.7 Å². The van der Waals surface area contributed by atoms with Crippen LogP contribution in [0, 0.1) is 12.7 Å². The zero-order chi connectivity index (χ0) is 19.7. The standard InChI is InChI=1S/C22H23FN2O3/c1-16-2-4-17(5-3-16)21(27)24-12-10-22(11-13-24)15-25(20(26)14-28-22)19-8-6-18(23)7-9-19/h2-9H,10-15H2,1H3. The van der Waals surface area contributed by atoms with E-state index < -0.39 is 5.60 Å². The van der Waals surface area contributed by atoms with Gasteiger partial charge in [0.05, 0.1) is 12.1 Å². The molecule has 5 nitrogen and oxygen atoms in total. The molecule has 1 spiro atoms. The van der Waals surface area contributed by atoms with Gasteiger partial charge in [-0.25, -0.2) is 4.39 Å². The summed E-state index contributed by atoms with van der Waals surface area (Å²) in [6, 6.07) is 13.5. The van der Waals surface area contributed by atoms with Crippen LogP contribution in [0.1, 0.15) is 28.8 Å². The minimum atomic E-state index is -0.466. The minimum Gasteiger partial charge on any atom is -0.363 e. The van der Waals surface area contributed by atoms with Crippen molar-refractivity contribution in [2.24, 2.45) is 0 Å². The molecule has 0 aromatic heterocycles. The number of rotatable bonds is 2. The van der Waals surface area contributed by atoms with Crippen molar-refractivity contribution >= 4 is 17.5 Å². The molecule has 0 bridgehead atoms. The molecule has 6 heteroatoms. The first-order valence-electron chi connectivity index (χ1n) is 9.52. The van der Waals surface area contributed by atoms with Gasteiger partial charge in [-0.3, -0.25) is 9.59 Å². The van der Waals surface area contributed by atoms with Gasteiger partial charge in [0.15, 0.2) is 0 Å². The monoisotopic (exact) mass is 382 g/mol. The topological polar surface area (TPSA) is 49.9 Å². The molecule has 2 aliphatic heterocycles. The molecule has 0 unspecified atom stereocenters. The van der Waals surface area contributed by atoms with Crippen LogP contribution < -0.4 is 4.90 Å². The molecule has 2 saturated heterocycles. The number of carbonyl (C=O) groups is 2. The number of nitrogens with zero attached hydrogens (tertiary/aromatic N) is 2. The van der Waals surface area contributed by atoms with Crippen molar-refractivity contribution in [3.8, 4) is 0 Å². The summed E-state index contributed by atoms with van der Waals surface area (Å²) in [5.41, 5.74) is 2.02. The molecule has 2 fully saturated rings. The Morgan fingerprint density at radius 1 is 1.04 bits per heavy atom. The second-order valence-corrected chi connectivity index (χ2v) is 7.59. The van der Waals surface area contributed by atoms with Crippen molar-refractivity contribution in [2.75, 3.05) is 31.1 Å². The molecule has 2 heterocycles. The number of aryl methyl sites for hydroxylation is 1. The second kappa shape index (κ2) is 7.36. The Hall–Kier alpha value is -2.73. The number of hydrogen-bond donors (Lipinski definition) is 0. The predicted octanol–water partition coefficient (Wildman–Crippen LogP) is 3.17. The smallest absolute Gasteiger partial charge is 0.253 e. The minimum absolute atomic E-state index is 0.00326. The molecule has 0 atom stereocenters. The van der Waals surface area contributed by atoms with E-state index in [1.54, 1.807) is 17.0 Å². The number of anilines is 1. The summed E-state index contributed by atoms with van der Waals surface area (Å²) < 4.78 is 19.2. The largest absolute Gasteiger partial charge is 0.363 e. The Balaban J connectivity index is 1.44.